The molecule has 0 spiro atoms. The quantitative estimate of drug-likeness (QED) is 0.110. The first-order valence-corrected chi connectivity index (χ1v) is 18.1. The van der Waals surface area contributed by atoms with E-state index in [4.69, 9.17) is 12.6 Å². The predicted molar refractivity (Wildman–Crippen MR) is 205 cm³/mol. The summed E-state index contributed by atoms with van der Waals surface area (Å²) in [5.41, 5.74) is 10.2. The summed E-state index contributed by atoms with van der Waals surface area (Å²) in [5, 5.41) is 6.01. The molecule has 7 rings (SSSR count). The molecule has 1 N–H and O–H groups in total. The second-order valence-electron chi connectivity index (χ2n) is 13.1. The Morgan fingerprint density at radius 3 is 2.30 bits per heavy atom. The average Bonchev–Trinajstić information content (AvgIpc) is 3.42. The molecule has 0 fully saturated rings. The molecule has 0 saturated carbocycles. The molecule has 0 bridgehead atoms. The van der Waals surface area contributed by atoms with E-state index >= 15 is 0 Å². The molecular weight excluding hydrogens is 794 g/mol. The predicted octanol–water partition coefficient (Wildman–Crippen LogP) is 10.1. The Morgan fingerprint density at radius 1 is 0.820 bits per heavy atom. The van der Waals surface area contributed by atoms with Crippen molar-refractivity contribution in [1.82, 2.24) is 9.55 Å². The minimum atomic E-state index is 0.375. The van der Waals surface area contributed by atoms with Crippen molar-refractivity contribution in [3.05, 3.63) is 138 Å². The Hall–Kier alpha value is -4.93. The van der Waals surface area contributed by atoms with E-state index in [1.807, 2.05) is 34.9 Å². The Bertz CT molecular complexity index is 2340. The summed E-state index contributed by atoms with van der Waals surface area (Å²) in [4.78, 5) is 6.78. The van der Waals surface area contributed by atoms with Gasteiger partial charge in [-0.25, -0.2) is 0 Å². The zero-order valence-electron chi connectivity index (χ0n) is 28.8. The van der Waals surface area contributed by atoms with E-state index in [9.17, 15) is 0 Å². The van der Waals surface area contributed by atoms with Crippen molar-refractivity contribution < 1.29 is 24.1 Å². The van der Waals surface area contributed by atoms with Gasteiger partial charge in [-0.1, -0.05) is 23.7 Å². The fourth-order valence-corrected chi connectivity index (χ4v) is 7.16. The van der Waals surface area contributed by atoms with Crippen molar-refractivity contribution in [3.8, 4) is 17.3 Å². The zero-order chi connectivity index (χ0) is 34.9. The van der Waals surface area contributed by atoms with E-state index < -0.39 is 0 Å². The van der Waals surface area contributed by atoms with Gasteiger partial charge in [0.05, 0.1) is 0 Å². The van der Waals surface area contributed by atoms with E-state index in [0.717, 1.165) is 50.2 Å². The van der Waals surface area contributed by atoms with Gasteiger partial charge in [-0.3, -0.25) is 0 Å². The summed E-state index contributed by atoms with van der Waals surface area (Å²) < 4.78 is 10.7. The van der Waals surface area contributed by atoms with E-state index in [2.05, 4.69) is 153 Å². The molecule has 2 heterocycles. The van der Waals surface area contributed by atoms with Crippen molar-refractivity contribution >= 4 is 62.4 Å². The monoisotopic (exact) mass is 831 g/mol. The zero-order valence-corrected chi connectivity index (χ0v) is 31.0. The topological polar surface area (TPSA) is 42.3 Å². The van der Waals surface area contributed by atoms with Crippen LogP contribution in [0.25, 0.3) is 27.6 Å². The number of nitrogens with one attached hydrogen (secondary N) is 1. The first kappa shape index (κ1) is 33.6. The molecule has 0 amide bonds. The second kappa shape index (κ2) is 14.1. The molecule has 5 aromatic carbocycles. The van der Waals surface area contributed by atoms with Gasteiger partial charge in [-0.15, -0.1) is 0 Å². The van der Waals surface area contributed by atoms with Crippen LogP contribution in [0, 0.1) is 19.1 Å². The number of fused-ring (bicyclic) bond motifs is 3. The molecule has 50 heavy (non-hydrogen) atoms. The van der Waals surface area contributed by atoms with E-state index in [1.54, 1.807) is 12.3 Å². The maximum absolute atomic E-state index is 6.53. The standard InChI is InChI=1S/C43H37BN4O.Pt/c1-27(2)34-13-11-14-35(28(3)4)43(34)46-38-15-8-10-17-40(38)47(6)31-22-29(5)23-33(25-31)49-32-18-19-37-36-12-7-9-16-39(36)48(41(37)26-32)42-24-30(44)20-21-45-42;/h6-24,27-28,46H,1-5H3;/q-2;. The molecule has 5 nitrogen and oxygen atoms in total. The van der Waals surface area contributed by atoms with Crippen molar-refractivity contribution in [2.45, 2.75) is 46.5 Å². The Morgan fingerprint density at radius 2 is 1.56 bits per heavy atom. The van der Waals surface area contributed by atoms with Crippen molar-refractivity contribution in [3.63, 3.8) is 0 Å². The van der Waals surface area contributed by atoms with Crippen LogP contribution in [-0.2, 0) is 19.4 Å². The first-order chi connectivity index (χ1) is 24.2. The average molecular weight is 832 g/mol. The molecule has 0 unspecified atom stereocenters. The number of aryl methyl sites for hydroxylation is 1. The summed E-state index contributed by atoms with van der Waals surface area (Å²) in [5.74, 6) is 2.66. The summed E-state index contributed by atoms with van der Waals surface area (Å²) in [6, 6.07) is 42.2. The molecule has 2 radical (unpaired) electrons. The fourth-order valence-electron chi connectivity index (χ4n) is 6.53. The first-order valence-electron chi connectivity index (χ1n) is 16.8. The molecule has 0 atom stereocenters. The third kappa shape index (κ3) is 6.53. The van der Waals surface area contributed by atoms with Crippen LogP contribution < -0.4 is 20.4 Å². The number of aromatic nitrogens is 2. The maximum atomic E-state index is 6.53. The van der Waals surface area contributed by atoms with Crippen LogP contribution in [0.3, 0.4) is 0 Å². The van der Waals surface area contributed by atoms with Gasteiger partial charge in [-0.2, -0.15) is 0 Å². The van der Waals surface area contributed by atoms with Gasteiger partial charge in [-0.05, 0) is 0 Å². The summed E-state index contributed by atoms with van der Waals surface area (Å²) in [6.45, 7) is 11.0. The number of nitrogens with zero attached hydrogens (tertiary/aromatic N) is 3. The van der Waals surface area contributed by atoms with Gasteiger partial charge in [0.1, 0.15) is 7.85 Å². The van der Waals surface area contributed by atoms with Gasteiger partial charge in [0, 0.05) is 6.20 Å². The van der Waals surface area contributed by atoms with Crippen LogP contribution in [0.5, 0.6) is 11.5 Å². The number of ether oxygens (including phenoxy) is 1. The SMILES string of the molecule is [B]c1ccnc(-n2c3[c-]c(Oc4[c-]c(N([CH]=[Pt])c5ccccc5Nc5c(C(C)C)cccc5C(C)C)cc(C)c4)ccc3c3ccccc32)c1. The number of hydrogen-bond acceptors (Lipinski definition) is 4. The van der Waals surface area contributed by atoms with Crippen LogP contribution in [0.2, 0.25) is 0 Å². The van der Waals surface area contributed by atoms with Crippen LogP contribution in [0.4, 0.5) is 22.7 Å². The van der Waals surface area contributed by atoms with Gasteiger partial charge < -0.3 is 0 Å². The number of para-hydroxylation sites is 4. The molecule has 7 heteroatoms. The second-order valence-corrected chi connectivity index (χ2v) is 13.7. The molecular formula is C43H37BN4OPt-2. The van der Waals surface area contributed by atoms with Crippen molar-refractivity contribution in [1.29, 1.82) is 0 Å². The number of hydrogen-bond donors (Lipinski definition) is 1. The number of rotatable bonds is 10. The summed E-state index contributed by atoms with van der Waals surface area (Å²) >= 11 is 2.28. The summed E-state index contributed by atoms with van der Waals surface area (Å²) in [7, 11) is 6.17. The molecule has 250 valence electrons. The van der Waals surface area contributed by atoms with Gasteiger partial charge >= 0.3 is 270 Å². The van der Waals surface area contributed by atoms with Crippen LogP contribution in [0.1, 0.15) is 56.2 Å². The molecule has 0 aliphatic carbocycles. The van der Waals surface area contributed by atoms with E-state index in [0.29, 0.717) is 28.8 Å². The van der Waals surface area contributed by atoms with Gasteiger partial charge in [0.25, 0.3) is 0 Å². The van der Waals surface area contributed by atoms with Crippen LogP contribution in [-0.4, -0.2) is 21.9 Å². The van der Waals surface area contributed by atoms with E-state index in [1.165, 1.54) is 16.8 Å². The van der Waals surface area contributed by atoms with Crippen LogP contribution in [0.15, 0.2) is 109 Å². The third-order valence-corrected chi connectivity index (χ3v) is 9.47. The molecule has 7 aromatic rings. The normalized spacial score (nSPS) is 11.5. The van der Waals surface area contributed by atoms with Crippen molar-refractivity contribution in [2.75, 3.05) is 10.2 Å². The molecule has 0 aliphatic rings. The number of anilines is 4. The van der Waals surface area contributed by atoms with Crippen LogP contribution >= 0.6 is 0 Å². The number of pyridine rings is 1. The van der Waals surface area contributed by atoms with Gasteiger partial charge in [0.2, 0.25) is 0 Å². The third-order valence-electron chi connectivity index (χ3n) is 8.89. The molecule has 2 aromatic heterocycles. The molecule has 0 saturated heterocycles. The number of benzene rings is 5. The fraction of sp³-hybridized carbons (Fsp3) is 0.163. The van der Waals surface area contributed by atoms with Crippen molar-refractivity contribution in [2.24, 2.45) is 0 Å². The minimum absolute atomic E-state index is 0.375. The Labute approximate surface area is 306 Å². The Kier molecular flexibility index (Phi) is 9.49. The van der Waals surface area contributed by atoms with Gasteiger partial charge in [0.15, 0.2) is 0 Å². The summed E-state index contributed by atoms with van der Waals surface area (Å²) in [6.07, 6.45) is 1.73. The Balaban J connectivity index is 1.27. The van der Waals surface area contributed by atoms with E-state index in [-0.39, 0.29) is 0 Å². The molecule has 0 aliphatic heterocycles.